The molecule has 1 aromatic rings. The zero-order valence-electron chi connectivity index (χ0n) is 5.77. The molecule has 0 aliphatic rings. The number of amides is 1. The Hall–Kier alpha value is 0.209. The molecule has 0 spiro atoms. The molecule has 66 valence electrons. The van der Waals surface area contributed by atoms with E-state index in [0.29, 0.717) is 0 Å². The van der Waals surface area contributed by atoms with Crippen molar-refractivity contribution in [3.8, 4) is 0 Å². The summed E-state index contributed by atoms with van der Waals surface area (Å²) in [6.07, 6.45) is 0.223. The first kappa shape index (κ1) is 11.2. The Kier molecular flexibility index (Phi) is 5.92. The van der Waals surface area contributed by atoms with Gasteiger partial charge in [0.05, 0.1) is 5.91 Å². The standard InChI is InChI=1S/C8H9NO.Yb/c9-8(10)6-7-4-2-1-3-5-7;/h1-5H,6H2,(H2,9,10);/p-1. The van der Waals surface area contributed by atoms with Gasteiger partial charge in [-0.25, -0.2) is 0 Å². The van der Waals surface area contributed by atoms with E-state index in [9.17, 15) is 4.79 Å². The second kappa shape index (κ2) is 5.81. The van der Waals surface area contributed by atoms with E-state index in [2.05, 4.69) is 0 Å². The maximum Gasteiger partial charge on any atom is 0.0532 e. The quantitative estimate of drug-likeness (QED) is 0.821. The Bertz CT molecular complexity index is 223. The molecule has 0 atom stereocenters. The fourth-order valence-electron chi connectivity index (χ4n) is 0.781. The summed E-state index contributed by atoms with van der Waals surface area (Å²) in [7, 11) is 0. The summed E-state index contributed by atoms with van der Waals surface area (Å²) >= 11 is 0. The second-order valence-electron chi connectivity index (χ2n) is 2.09. The Balaban J connectivity index is 0.000001000. The van der Waals surface area contributed by atoms with Crippen LogP contribution in [0.15, 0.2) is 30.3 Å². The van der Waals surface area contributed by atoms with Gasteiger partial charge >= 0.3 is 0 Å². The molecule has 0 radical (unpaired) electrons. The van der Waals surface area contributed by atoms with Crippen molar-refractivity contribution in [3.63, 3.8) is 0 Å². The molecule has 0 fully saturated rings. The van der Waals surface area contributed by atoms with E-state index < -0.39 is 5.91 Å². The topological polar surface area (TPSA) is 40.9 Å². The number of nitrogens with one attached hydrogen (secondary N) is 1. The summed E-state index contributed by atoms with van der Waals surface area (Å²) in [6.45, 7) is 0. The molecule has 1 aromatic carbocycles. The van der Waals surface area contributed by atoms with Crippen LogP contribution in [-0.2, 0) is 11.2 Å². The SMILES string of the molecule is [NH-]C(=O)Cc1ccccc1.[Yb]. The molecule has 1 amide bonds. The van der Waals surface area contributed by atoms with Crippen LogP contribution >= 0.6 is 0 Å². The Morgan fingerprint density at radius 3 is 2.27 bits per heavy atom. The molecule has 1 rings (SSSR count). The van der Waals surface area contributed by atoms with Crippen LogP contribution in [0.25, 0.3) is 5.73 Å². The summed E-state index contributed by atoms with van der Waals surface area (Å²) in [5.74, 6) is -0.536. The van der Waals surface area contributed by atoms with Gasteiger partial charge in [0.2, 0.25) is 0 Å². The van der Waals surface area contributed by atoms with Crippen LogP contribution in [0.1, 0.15) is 5.56 Å². The third kappa shape index (κ3) is 4.62. The van der Waals surface area contributed by atoms with Crippen LogP contribution in [0.2, 0.25) is 0 Å². The third-order valence-corrected chi connectivity index (χ3v) is 1.21. The van der Waals surface area contributed by atoms with Crippen LogP contribution in [0.4, 0.5) is 0 Å². The van der Waals surface area contributed by atoms with Crippen LogP contribution in [0.5, 0.6) is 0 Å². The fraction of sp³-hybridized carbons (Fsp3) is 0.125. The van der Waals surface area contributed by atoms with Crippen LogP contribution in [0.3, 0.4) is 0 Å². The first-order chi connectivity index (χ1) is 4.79. The molecule has 0 saturated carbocycles. The van der Waals surface area contributed by atoms with E-state index in [1.165, 1.54) is 0 Å². The molecule has 0 saturated heterocycles. The molecule has 2 nitrogen and oxygen atoms in total. The van der Waals surface area contributed by atoms with Gasteiger partial charge < -0.3 is 10.5 Å². The van der Waals surface area contributed by atoms with Crippen LogP contribution < -0.4 is 0 Å². The molecular formula is C8H8NOYb-. The van der Waals surface area contributed by atoms with E-state index in [4.69, 9.17) is 5.73 Å². The van der Waals surface area contributed by atoms with Gasteiger partial charge in [-0.05, 0) is 5.56 Å². The maximum atomic E-state index is 10.3. The number of benzene rings is 1. The van der Waals surface area contributed by atoms with Gasteiger partial charge in [-0.15, -0.1) is 0 Å². The van der Waals surface area contributed by atoms with E-state index >= 15 is 0 Å². The smallest absolute Gasteiger partial charge is 0.0532 e. The normalized spacial score (nSPS) is 8.36. The number of hydrogen-bond donors (Lipinski definition) is 0. The molecule has 0 bridgehead atoms. The molecule has 0 heterocycles. The Morgan fingerprint density at radius 2 is 1.82 bits per heavy atom. The third-order valence-electron chi connectivity index (χ3n) is 1.21. The van der Waals surface area contributed by atoms with Crippen molar-refractivity contribution < 1.29 is 51.7 Å². The van der Waals surface area contributed by atoms with Crippen molar-refractivity contribution in [2.45, 2.75) is 6.42 Å². The summed E-state index contributed by atoms with van der Waals surface area (Å²) < 4.78 is 0. The van der Waals surface area contributed by atoms with Crippen molar-refractivity contribution in [2.75, 3.05) is 0 Å². The zero-order chi connectivity index (χ0) is 7.40. The molecule has 0 unspecified atom stereocenters. The van der Waals surface area contributed by atoms with Crippen LogP contribution in [-0.4, -0.2) is 5.91 Å². The van der Waals surface area contributed by atoms with Gasteiger partial charge in [0.15, 0.2) is 0 Å². The predicted molar refractivity (Wildman–Crippen MR) is 39.5 cm³/mol. The molecule has 11 heavy (non-hydrogen) atoms. The molecule has 0 aliphatic carbocycles. The Labute approximate surface area is 104 Å². The molecule has 1 N–H and O–H groups in total. The average molecular weight is 307 g/mol. The molecule has 3 heteroatoms. The molecule has 0 aromatic heterocycles. The van der Waals surface area contributed by atoms with Crippen molar-refractivity contribution in [1.82, 2.24) is 0 Å². The van der Waals surface area contributed by atoms with E-state index in [0.717, 1.165) is 5.56 Å². The summed E-state index contributed by atoms with van der Waals surface area (Å²) in [6, 6.07) is 9.29. The maximum absolute atomic E-state index is 10.3. The van der Waals surface area contributed by atoms with E-state index in [-0.39, 0.29) is 53.3 Å². The fourth-order valence-corrected chi connectivity index (χ4v) is 0.781. The van der Waals surface area contributed by atoms with Crippen molar-refractivity contribution in [1.29, 1.82) is 0 Å². The van der Waals surface area contributed by atoms with Gasteiger partial charge in [0.1, 0.15) is 0 Å². The number of hydrogen-bond acceptors (Lipinski definition) is 1. The summed E-state index contributed by atoms with van der Waals surface area (Å²) in [4.78, 5) is 10.3. The first-order valence-electron chi connectivity index (χ1n) is 3.07. The Morgan fingerprint density at radius 1 is 1.27 bits per heavy atom. The average Bonchev–Trinajstić information content (AvgIpc) is 1.88. The number of carbonyl (C=O) groups excluding carboxylic acids is 1. The second-order valence-corrected chi connectivity index (χ2v) is 2.09. The number of rotatable bonds is 2. The largest absolute Gasteiger partial charge is 0.667 e. The molecule has 0 aliphatic heterocycles. The summed E-state index contributed by atoms with van der Waals surface area (Å²) in [5, 5.41) is 0. The van der Waals surface area contributed by atoms with E-state index in [1.807, 2.05) is 30.3 Å². The van der Waals surface area contributed by atoms with Crippen molar-refractivity contribution in [3.05, 3.63) is 41.6 Å². The minimum Gasteiger partial charge on any atom is -0.667 e. The van der Waals surface area contributed by atoms with Gasteiger partial charge in [-0.2, -0.15) is 0 Å². The van der Waals surface area contributed by atoms with Crippen molar-refractivity contribution in [2.24, 2.45) is 0 Å². The van der Waals surface area contributed by atoms with Crippen LogP contribution in [0, 0.1) is 46.9 Å². The molecular weight excluding hydrogens is 299 g/mol. The summed E-state index contributed by atoms with van der Waals surface area (Å²) in [5.41, 5.74) is 7.58. The number of carbonyl (C=O) groups is 1. The zero-order valence-corrected chi connectivity index (χ0v) is 7.48. The van der Waals surface area contributed by atoms with Crippen molar-refractivity contribution >= 4 is 5.91 Å². The van der Waals surface area contributed by atoms with Gasteiger partial charge in [-0.1, -0.05) is 30.3 Å². The predicted octanol–water partition coefficient (Wildman–Crippen LogP) is 1.81. The van der Waals surface area contributed by atoms with Gasteiger partial charge in [0, 0.05) is 53.3 Å². The van der Waals surface area contributed by atoms with Gasteiger partial charge in [-0.3, -0.25) is 0 Å². The monoisotopic (exact) mass is 308 g/mol. The minimum atomic E-state index is -0.536. The first-order valence-corrected chi connectivity index (χ1v) is 3.07. The van der Waals surface area contributed by atoms with Gasteiger partial charge in [0.25, 0.3) is 0 Å². The van der Waals surface area contributed by atoms with E-state index in [1.54, 1.807) is 0 Å². The minimum absolute atomic E-state index is 0.